The molecular weight excluding hydrogens is 434 g/mol. The van der Waals surface area contributed by atoms with Crippen molar-refractivity contribution in [2.75, 3.05) is 25.6 Å². The maximum atomic E-state index is 6.18. The number of aryl methyl sites for hydroxylation is 2. The van der Waals surface area contributed by atoms with Crippen LogP contribution in [0, 0.1) is 6.92 Å². The molecule has 0 bridgehead atoms. The molecule has 3 heterocycles. The highest BCUT2D eigenvalue weighted by molar-refractivity contribution is 5.58. The van der Waals surface area contributed by atoms with E-state index < -0.39 is 0 Å². The summed E-state index contributed by atoms with van der Waals surface area (Å²) in [6, 6.07) is 1.74. The zero-order valence-corrected chi connectivity index (χ0v) is 20.2. The van der Waals surface area contributed by atoms with Crippen molar-refractivity contribution in [1.29, 1.82) is 0 Å². The standard InChI is InChI=1S/C24H33N7O3/c1-17-21(34-18-8-5-4-6-9-18)16-26-23(29-17)19-14-28-31(2)20(19)15-27-24-25-11-10-22(30-24)33-13-7-12-32-3/h10-11,14,16,18H,4-9,12-13,15H2,1-3H3,(H,25,27,30). The Morgan fingerprint density at radius 3 is 2.74 bits per heavy atom. The van der Waals surface area contributed by atoms with Crippen molar-refractivity contribution in [1.82, 2.24) is 29.7 Å². The highest BCUT2D eigenvalue weighted by Gasteiger charge is 2.19. The number of hydrogen-bond donors (Lipinski definition) is 1. The Balaban J connectivity index is 1.42. The van der Waals surface area contributed by atoms with Gasteiger partial charge in [-0.2, -0.15) is 10.1 Å². The van der Waals surface area contributed by atoms with Gasteiger partial charge in [-0.3, -0.25) is 4.68 Å². The van der Waals surface area contributed by atoms with Crippen LogP contribution in [0.25, 0.3) is 11.4 Å². The summed E-state index contributed by atoms with van der Waals surface area (Å²) < 4.78 is 18.7. The summed E-state index contributed by atoms with van der Waals surface area (Å²) >= 11 is 0. The van der Waals surface area contributed by atoms with Gasteiger partial charge in [0.1, 0.15) is 0 Å². The lowest BCUT2D eigenvalue weighted by atomic mass is 9.98. The van der Waals surface area contributed by atoms with Crippen molar-refractivity contribution in [3.8, 4) is 23.0 Å². The Kier molecular flexibility index (Phi) is 8.24. The molecule has 3 aromatic rings. The third kappa shape index (κ3) is 6.19. The van der Waals surface area contributed by atoms with Crippen molar-refractivity contribution < 1.29 is 14.2 Å². The molecule has 0 saturated heterocycles. The monoisotopic (exact) mass is 467 g/mol. The van der Waals surface area contributed by atoms with Crippen LogP contribution < -0.4 is 14.8 Å². The average molecular weight is 468 g/mol. The third-order valence-corrected chi connectivity index (χ3v) is 5.87. The predicted octanol–water partition coefficient (Wildman–Crippen LogP) is 3.71. The molecule has 1 N–H and O–H groups in total. The highest BCUT2D eigenvalue weighted by Crippen LogP contribution is 2.27. The van der Waals surface area contributed by atoms with E-state index in [0.29, 0.717) is 37.4 Å². The first kappa shape index (κ1) is 23.9. The number of anilines is 1. The zero-order chi connectivity index (χ0) is 23.8. The fourth-order valence-corrected chi connectivity index (χ4v) is 3.97. The van der Waals surface area contributed by atoms with E-state index in [9.17, 15) is 0 Å². The van der Waals surface area contributed by atoms with Crippen molar-refractivity contribution in [3.63, 3.8) is 0 Å². The largest absolute Gasteiger partial charge is 0.487 e. The quantitative estimate of drug-likeness (QED) is 0.422. The second-order valence-corrected chi connectivity index (χ2v) is 8.42. The van der Waals surface area contributed by atoms with Crippen LogP contribution in [0.5, 0.6) is 11.6 Å². The molecule has 0 radical (unpaired) electrons. The first-order chi connectivity index (χ1) is 16.6. The normalized spacial score (nSPS) is 14.2. The molecule has 0 aliphatic heterocycles. The van der Waals surface area contributed by atoms with E-state index in [1.807, 2.05) is 14.0 Å². The second-order valence-electron chi connectivity index (χ2n) is 8.42. The number of methoxy groups -OCH3 is 1. The van der Waals surface area contributed by atoms with Gasteiger partial charge in [0.25, 0.3) is 0 Å². The Morgan fingerprint density at radius 2 is 1.94 bits per heavy atom. The number of nitrogens with one attached hydrogen (secondary N) is 1. The van der Waals surface area contributed by atoms with Crippen LogP contribution in [-0.2, 0) is 18.3 Å². The van der Waals surface area contributed by atoms with Crippen LogP contribution in [0.4, 0.5) is 5.95 Å². The van der Waals surface area contributed by atoms with Crippen molar-refractivity contribution >= 4 is 5.95 Å². The van der Waals surface area contributed by atoms with Gasteiger partial charge in [-0.1, -0.05) is 6.42 Å². The minimum atomic E-state index is 0.264. The van der Waals surface area contributed by atoms with Gasteiger partial charge >= 0.3 is 0 Å². The van der Waals surface area contributed by atoms with E-state index in [-0.39, 0.29) is 6.10 Å². The fourth-order valence-electron chi connectivity index (χ4n) is 3.97. The van der Waals surface area contributed by atoms with Gasteiger partial charge in [-0.05, 0) is 32.6 Å². The van der Waals surface area contributed by atoms with Gasteiger partial charge in [0.15, 0.2) is 11.6 Å². The summed E-state index contributed by atoms with van der Waals surface area (Å²) in [5, 5.41) is 7.67. The maximum Gasteiger partial charge on any atom is 0.226 e. The van der Waals surface area contributed by atoms with E-state index in [1.54, 1.807) is 36.4 Å². The van der Waals surface area contributed by atoms with Crippen molar-refractivity contribution in [3.05, 3.63) is 36.0 Å². The molecule has 1 fully saturated rings. The third-order valence-electron chi connectivity index (χ3n) is 5.87. The minimum absolute atomic E-state index is 0.264. The van der Waals surface area contributed by atoms with Gasteiger partial charge in [0, 0.05) is 39.4 Å². The lowest BCUT2D eigenvalue weighted by Gasteiger charge is -2.23. The van der Waals surface area contributed by atoms with Crippen LogP contribution in [0.2, 0.25) is 0 Å². The van der Waals surface area contributed by atoms with Crippen LogP contribution >= 0.6 is 0 Å². The first-order valence-electron chi connectivity index (χ1n) is 11.8. The molecule has 0 spiro atoms. The molecule has 1 saturated carbocycles. The van der Waals surface area contributed by atoms with Crippen LogP contribution in [0.3, 0.4) is 0 Å². The number of nitrogens with zero attached hydrogens (tertiary/aromatic N) is 6. The SMILES string of the molecule is COCCCOc1ccnc(NCc2c(-c3ncc(OC4CCCCC4)c(C)n3)cnn2C)n1. The summed E-state index contributed by atoms with van der Waals surface area (Å²) in [5.74, 6) is 2.38. The summed E-state index contributed by atoms with van der Waals surface area (Å²) in [6.45, 7) is 3.60. The number of rotatable bonds is 11. The Hall–Kier alpha value is -3.27. The number of ether oxygens (including phenoxy) is 3. The molecule has 182 valence electrons. The van der Waals surface area contributed by atoms with E-state index in [0.717, 1.165) is 42.0 Å². The van der Waals surface area contributed by atoms with E-state index in [1.165, 1.54) is 19.3 Å². The summed E-state index contributed by atoms with van der Waals surface area (Å²) in [7, 11) is 3.57. The Labute approximate surface area is 200 Å². The van der Waals surface area contributed by atoms with Gasteiger partial charge < -0.3 is 19.5 Å². The van der Waals surface area contributed by atoms with Crippen LogP contribution in [0.15, 0.2) is 24.7 Å². The van der Waals surface area contributed by atoms with Crippen molar-refractivity contribution in [2.45, 2.75) is 58.1 Å². The second kappa shape index (κ2) is 11.7. The molecule has 0 unspecified atom stereocenters. The lowest BCUT2D eigenvalue weighted by molar-refractivity contribution is 0.152. The molecule has 34 heavy (non-hydrogen) atoms. The molecular formula is C24H33N7O3. The summed E-state index contributed by atoms with van der Waals surface area (Å²) in [5.41, 5.74) is 2.62. The summed E-state index contributed by atoms with van der Waals surface area (Å²) in [4.78, 5) is 18.0. The predicted molar refractivity (Wildman–Crippen MR) is 128 cm³/mol. The van der Waals surface area contributed by atoms with Gasteiger partial charge in [0.2, 0.25) is 11.8 Å². The van der Waals surface area contributed by atoms with E-state index >= 15 is 0 Å². The molecule has 1 aliphatic carbocycles. The van der Waals surface area contributed by atoms with Crippen LogP contribution in [-0.4, -0.2) is 56.1 Å². The first-order valence-corrected chi connectivity index (χ1v) is 11.8. The summed E-state index contributed by atoms with van der Waals surface area (Å²) in [6.07, 6.45) is 12.2. The molecule has 3 aromatic heterocycles. The van der Waals surface area contributed by atoms with E-state index in [2.05, 4.69) is 25.4 Å². The molecule has 0 aromatic carbocycles. The Bertz CT molecular complexity index is 1070. The minimum Gasteiger partial charge on any atom is -0.487 e. The smallest absolute Gasteiger partial charge is 0.226 e. The molecule has 10 nitrogen and oxygen atoms in total. The van der Waals surface area contributed by atoms with Crippen LogP contribution in [0.1, 0.15) is 49.9 Å². The van der Waals surface area contributed by atoms with E-state index in [4.69, 9.17) is 19.2 Å². The fraction of sp³-hybridized carbons (Fsp3) is 0.542. The number of aromatic nitrogens is 6. The maximum absolute atomic E-state index is 6.18. The molecule has 1 aliphatic rings. The van der Waals surface area contributed by atoms with Gasteiger partial charge in [-0.15, -0.1) is 0 Å². The molecule has 0 atom stereocenters. The average Bonchev–Trinajstić information content (AvgIpc) is 3.23. The molecule has 4 rings (SSSR count). The topological polar surface area (TPSA) is 109 Å². The lowest BCUT2D eigenvalue weighted by Crippen LogP contribution is -2.20. The highest BCUT2D eigenvalue weighted by atomic mass is 16.5. The Morgan fingerprint density at radius 1 is 1.09 bits per heavy atom. The van der Waals surface area contributed by atoms with Crippen molar-refractivity contribution in [2.24, 2.45) is 7.05 Å². The zero-order valence-electron chi connectivity index (χ0n) is 20.2. The molecule has 0 amide bonds. The van der Waals surface area contributed by atoms with Gasteiger partial charge in [-0.25, -0.2) is 15.0 Å². The molecule has 10 heteroatoms. The number of hydrogen-bond acceptors (Lipinski definition) is 9. The van der Waals surface area contributed by atoms with Gasteiger partial charge in [0.05, 0.1) is 48.6 Å².